The first kappa shape index (κ1) is 20.6. The van der Waals surface area contributed by atoms with Crippen LogP contribution in [0.4, 0.5) is 0 Å². The third kappa shape index (κ3) is 3.69. The molecule has 2 heterocycles. The van der Waals surface area contributed by atoms with Crippen LogP contribution in [0.15, 0.2) is 140 Å². The lowest BCUT2D eigenvalue weighted by Gasteiger charge is -2.19. The number of nitrogens with zero attached hydrogens (tertiary/aromatic N) is 2. The Bertz CT molecular complexity index is 2700. The van der Waals surface area contributed by atoms with E-state index in [1.54, 1.807) is 10.6 Å². The molecule has 44 heavy (non-hydrogen) atoms. The highest BCUT2D eigenvalue weighted by Crippen LogP contribution is 2.47. The van der Waals surface area contributed by atoms with E-state index in [4.69, 9.17) is 6.85 Å². The summed E-state index contributed by atoms with van der Waals surface area (Å²) < 4.78 is 45.7. The molecule has 0 aliphatic carbocycles. The summed E-state index contributed by atoms with van der Waals surface area (Å²) >= 11 is 1.82. The van der Waals surface area contributed by atoms with Crippen molar-refractivity contribution in [1.82, 2.24) is 9.55 Å². The molecule has 0 radical (unpaired) electrons. The molecule has 0 saturated heterocycles. The van der Waals surface area contributed by atoms with Crippen LogP contribution in [0.25, 0.3) is 80.7 Å². The Hall–Kier alpha value is -5.25. The standard InChI is InChI=1S/C41H28N2S/c1-2-38-42-34-21-8-9-22-35(34)43(38)27-14-11-13-26(25-27)39-28-15-3-5-17-30(28)40(31-18-6-4-16-29(31)39)33-20-12-24-37-41(33)32-19-7-10-23-36(32)44-37/h3-25H,2H2,1H3/i1D3,2D2. The van der Waals surface area contributed by atoms with E-state index in [1.165, 1.54) is 31.3 Å². The van der Waals surface area contributed by atoms with Crippen molar-refractivity contribution >= 4 is 64.1 Å². The fourth-order valence-electron chi connectivity index (χ4n) is 6.88. The first-order valence-corrected chi connectivity index (χ1v) is 15.5. The van der Waals surface area contributed by atoms with Crippen LogP contribution in [0.2, 0.25) is 0 Å². The Kier molecular flexibility index (Phi) is 4.64. The summed E-state index contributed by atoms with van der Waals surface area (Å²) in [5.41, 5.74) is 6.20. The van der Waals surface area contributed by atoms with Crippen LogP contribution >= 0.6 is 11.3 Å². The lowest BCUT2D eigenvalue weighted by Crippen LogP contribution is -2.00. The van der Waals surface area contributed by atoms with Gasteiger partial charge in [0.25, 0.3) is 0 Å². The third-order valence-electron chi connectivity index (χ3n) is 8.67. The maximum Gasteiger partial charge on any atom is 0.114 e. The molecule has 0 spiro atoms. The SMILES string of the molecule is [2H]C([2H])([2H])C([2H])([2H])c1nc2ccccc2n1-c1cccc(-c2c3ccccc3c(-c3cccc4sc5ccccc5c34)c3ccccc23)c1. The van der Waals surface area contributed by atoms with Gasteiger partial charge in [0.15, 0.2) is 0 Å². The Morgan fingerprint density at radius 2 is 1.27 bits per heavy atom. The van der Waals surface area contributed by atoms with E-state index in [0.29, 0.717) is 16.7 Å². The fourth-order valence-corrected chi connectivity index (χ4v) is 8.02. The summed E-state index contributed by atoms with van der Waals surface area (Å²) in [6.45, 7) is -2.91. The zero-order chi connectivity index (χ0) is 33.5. The highest BCUT2D eigenvalue weighted by molar-refractivity contribution is 7.25. The molecule has 9 rings (SSSR count). The van der Waals surface area contributed by atoms with E-state index in [-0.39, 0.29) is 5.82 Å². The molecule has 0 atom stereocenters. The van der Waals surface area contributed by atoms with E-state index < -0.39 is 13.2 Å². The number of imidazole rings is 1. The molecule has 7 aromatic carbocycles. The largest absolute Gasteiger partial charge is 0.296 e. The van der Waals surface area contributed by atoms with Gasteiger partial charge in [0.1, 0.15) is 5.82 Å². The van der Waals surface area contributed by atoms with Gasteiger partial charge in [0, 0.05) is 39.1 Å². The molecule has 0 N–H and O–H groups in total. The smallest absolute Gasteiger partial charge is 0.114 e. The van der Waals surface area contributed by atoms with Gasteiger partial charge in [0.2, 0.25) is 0 Å². The lowest BCUT2D eigenvalue weighted by atomic mass is 9.85. The van der Waals surface area contributed by atoms with Gasteiger partial charge < -0.3 is 0 Å². The van der Waals surface area contributed by atoms with Crippen LogP contribution in [0.3, 0.4) is 0 Å². The Labute approximate surface area is 266 Å². The normalized spacial score (nSPS) is 14.1. The van der Waals surface area contributed by atoms with Crippen molar-refractivity contribution in [3.63, 3.8) is 0 Å². The highest BCUT2D eigenvalue weighted by Gasteiger charge is 2.20. The van der Waals surface area contributed by atoms with Crippen LogP contribution in [0.1, 0.15) is 19.5 Å². The molecule has 3 heteroatoms. The first-order chi connectivity index (χ1) is 23.7. The summed E-state index contributed by atoms with van der Waals surface area (Å²) in [5, 5.41) is 6.98. The molecule has 0 amide bonds. The average Bonchev–Trinajstić information content (AvgIpc) is 3.70. The summed E-state index contributed by atoms with van der Waals surface area (Å²) in [7, 11) is 0. The van der Waals surface area contributed by atoms with Crippen molar-refractivity contribution < 1.29 is 6.85 Å². The zero-order valence-electron chi connectivity index (χ0n) is 28.6. The van der Waals surface area contributed by atoms with Gasteiger partial charge in [-0.1, -0.05) is 110 Å². The molecule has 2 aromatic heterocycles. The van der Waals surface area contributed by atoms with E-state index in [1.807, 2.05) is 47.7 Å². The van der Waals surface area contributed by atoms with Crippen molar-refractivity contribution in [2.24, 2.45) is 0 Å². The molecular formula is C41H28N2S. The molecule has 0 bridgehead atoms. The van der Waals surface area contributed by atoms with Gasteiger partial charge >= 0.3 is 0 Å². The average molecular weight is 586 g/mol. The van der Waals surface area contributed by atoms with Crippen molar-refractivity contribution in [3.05, 3.63) is 145 Å². The summed E-state index contributed by atoms with van der Waals surface area (Å²) in [6.07, 6.45) is -2.68. The number of hydrogen-bond acceptors (Lipinski definition) is 2. The first-order valence-electron chi connectivity index (χ1n) is 17.2. The van der Waals surface area contributed by atoms with Gasteiger partial charge in [-0.3, -0.25) is 4.57 Å². The summed E-state index contributed by atoms with van der Waals surface area (Å²) in [5.74, 6) is -0.146. The maximum absolute atomic E-state index is 8.70. The van der Waals surface area contributed by atoms with E-state index >= 15 is 0 Å². The van der Waals surface area contributed by atoms with Crippen LogP contribution < -0.4 is 0 Å². The number of benzene rings is 7. The van der Waals surface area contributed by atoms with Crippen molar-refractivity contribution in [2.75, 3.05) is 0 Å². The van der Waals surface area contributed by atoms with Gasteiger partial charge in [-0.25, -0.2) is 4.98 Å². The number of aryl methyl sites for hydroxylation is 1. The van der Waals surface area contributed by atoms with Gasteiger partial charge in [0.05, 0.1) is 11.0 Å². The second-order valence-electron chi connectivity index (χ2n) is 11.1. The minimum absolute atomic E-state index is 0.146. The molecule has 9 aromatic rings. The van der Waals surface area contributed by atoms with Crippen LogP contribution in [0.5, 0.6) is 0 Å². The minimum Gasteiger partial charge on any atom is -0.296 e. The topological polar surface area (TPSA) is 17.8 Å². The second-order valence-corrected chi connectivity index (χ2v) is 12.1. The monoisotopic (exact) mass is 585 g/mol. The molecule has 0 unspecified atom stereocenters. The van der Waals surface area contributed by atoms with Crippen LogP contribution in [-0.4, -0.2) is 9.55 Å². The lowest BCUT2D eigenvalue weighted by molar-refractivity contribution is 0.908. The van der Waals surface area contributed by atoms with E-state index in [2.05, 4.69) is 102 Å². The van der Waals surface area contributed by atoms with Crippen molar-refractivity contribution in [1.29, 1.82) is 0 Å². The number of thiophene rings is 1. The highest BCUT2D eigenvalue weighted by atomic mass is 32.1. The predicted octanol–water partition coefficient (Wildman–Crippen LogP) is 11.6. The molecule has 0 fully saturated rings. The van der Waals surface area contributed by atoms with E-state index in [9.17, 15) is 0 Å². The van der Waals surface area contributed by atoms with Crippen LogP contribution in [0, 0.1) is 0 Å². The van der Waals surface area contributed by atoms with Crippen molar-refractivity contribution in [2.45, 2.75) is 13.2 Å². The maximum atomic E-state index is 8.70. The fraction of sp³-hybridized carbons (Fsp3) is 0.0488. The zero-order valence-corrected chi connectivity index (χ0v) is 24.4. The van der Waals surface area contributed by atoms with Gasteiger partial charge in [-0.05, 0) is 80.2 Å². The number of hydrogen-bond donors (Lipinski definition) is 0. The summed E-state index contributed by atoms with van der Waals surface area (Å²) in [6, 6.07) is 47.5. The number of para-hydroxylation sites is 2. The quantitative estimate of drug-likeness (QED) is 0.188. The van der Waals surface area contributed by atoms with Gasteiger partial charge in [-0.2, -0.15) is 0 Å². The number of rotatable bonds is 4. The molecule has 0 saturated carbocycles. The summed E-state index contributed by atoms with van der Waals surface area (Å²) in [4.78, 5) is 4.55. The Morgan fingerprint density at radius 3 is 2.05 bits per heavy atom. The number of fused-ring (bicyclic) bond motifs is 6. The third-order valence-corrected chi connectivity index (χ3v) is 9.81. The Morgan fingerprint density at radius 1 is 0.636 bits per heavy atom. The molecule has 0 aliphatic heterocycles. The van der Waals surface area contributed by atoms with E-state index in [0.717, 1.165) is 32.7 Å². The molecule has 2 nitrogen and oxygen atoms in total. The molecule has 208 valence electrons. The second kappa shape index (κ2) is 9.90. The predicted molar refractivity (Wildman–Crippen MR) is 189 cm³/mol. The molecular weight excluding hydrogens is 553 g/mol. The van der Waals surface area contributed by atoms with Gasteiger partial charge in [-0.15, -0.1) is 11.3 Å². The minimum atomic E-state index is -2.91. The van der Waals surface area contributed by atoms with Crippen LogP contribution in [-0.2, 0) is 6.37 Å². The molecule has 0 aliphatic rings. The Balaban J connectivity index is 1.34. The number of aromatic nitrogens is 2. The van der Waals surface area contributed by atoms with Crippen molar-refractivity contribution in [3.8, 4) is 27.9 Å².